The van der Waals surface area contributed by atoms with Crippen molar-refractivity contribution in [2.24, 2.45) is 0 Å². The van der Waals surface area contributed by atoms with Crippen molar-refractivity contribution >= 4 is 0 Å². The molecule has 0 unspecified atom stereocenters. The van der Waals surface area contributed by atoms with Crippen molar-refractivity contribution in [3.8, 4) is 11.5 Å². The topological polar surface area (TPSA) is 32.7 Å². The molecule has 0 amide bonds. The first-order chi connectivity index (χ1) is 9.17. The summed E-state index contributed by atoms with van der Waals surface area (Å²) in [5.74, 6) is 1.19. The third-order valence-electron chi connectivity index (χ3n) is 2.95. The number of benzene rings is 2. The first-order valence-corrected chi connectivity index (χ1v) is 6.27. The maximum absolute atomic E-state index is 9.45. The predicted molar refractivity (Wildman–Crippen MR) is 76.3 cm³/mol. The molecule has 0 radical (unpaired) electrons. The minimum Gasteiger partial charge on any atom is -0.508 e. The zero-order valence-electron chi connectivity index (χ0n) is 11.3. The number of hydrogen-bond donors (Lipinski definition) is 1. The van der Waals surface area contributed by atoms with Crippen LogP contribution in [-0.4, -0.2) is 24.2 Å². The lowest BCUT2D eigenvalue weighted by molar-refractivity contribution is 0.317. The van der Waals surface area contributed by atoms with Crippen molar-refractivity contribution in [1.82, 2.24) is 4.90 Å². The smallest absolute Gasteiger partial charge is 0.119 e. The van der Waals surface area contributed by atoms with Gasteiger partial charge in [0.15, 0.2) is 0 Å². The number of phenolic OH excluding ortho intramolecular Hbond substituents is 1. The average Bonchev–Trinajstić information content (AvgIpc) is 2.38. The standard InChI is InChI=1S/C16H19NO2/c1-17(11-13-5-3-7-15(18)9-13)12-14-6-4-8-16(10-14)19-2/h3-10,18H,11-12H2,1-2H3. The summed E-state index contributed by atoms with van der Waals surface area (Å²) in [6.45, 7) is 1.64. The molecule has 2 aromatic carbocycles. The van der Waals surface area contributed by atoms with Crippen molar-refractivity contribution in [3.05, 3.63) is 59.7 Å². The molecule has 0 aliphatic carbocycles. The van der Waals surface area contributed by atoms with E-state index in [1.807, 2.05) is 30.3 Å². The molecule has 0 saturated carbocycles. The van der Waals surface area contributed by atoms with Crippen LogP contribution < -0.4 is 4.74 Å². The second-order valence-electron chi connectivity index (χ2n) is 4.69. The van der Waals surface area contributed by atoms with Crippen LogP contribution in [-0.2, 0) is 13.1 Å². The SMILES string of the molecule is COc1cccc(CN(C)Cc2cccc(O)c2)c1. The first kappa shape index (κ1) is 13.4. The Morgan fingerprint density at radius 2 is 1.63 bits per heavy atom. The van der Waals surface area contributed by atoms with Gasteiger partial charge in [-0.1, -0.05) is 24.3 Å². The van der Waals surface area contributed by atoms with E-state index in [0.29, 0.717) is 5.75 Å². The van der Waals surface area contributed by atoms with Crippen molar-refractivity contribution in [1.29, 1.82) is 0 Å². The highest BCUT2D eigenvalue weighted by Gasteiger charge is 2.03. The van der Waals surface area contributed by atoms with Crippen LogP contribution in [0.15, 0.2) is 48.5 Å². The Bertz CT molecular complexity index is 540. The van der Waals surface area contributed by atoms with E-state index >= 15 is 0 Å². The second-order valence-corrected chi connectivity index (χ2v) is 4.69. The molecule has 0 spiro atoms. The van der Waals surface area contributed by atoms with E-state index in [1.165, 1.54) is 5.56 Å². The Kier molecular flexibility index (Phi) is 4.42. The summed E-state index contributed by atoms with van der Waals surface area (Å²) in [7, 11) is 3.74. The highest BCUT2D eigenvalue weighted by molar-refractivity contribution is 5.29. The number of hydrogen-bond acceptors (Lipinski definition) is 3. The fourth-order valence-corrected chi connectivity index (χ4v) is 2.10. The van der Waals surface area contributed by atoms with Crippen LogP contribution in [0.5, 0.6) is 11.5 Å². The second kappa shape index (κ2) is 6.25. The highest BCUT2D eigenvalue weighted by atomic mass is 16.5. The minimum atomic E-state index is 0.312. The lowest BCUT2D eigenvalue weighted by Crippen LogP contribution is -2.17. The Labute approximate surface area is 114 Å². The maximum Gasteiger partial charge on any atom is 0.119 e. The lowest BCUT2D eigenvalue weighted by Gasteiger charge is -2.17. The van der Waals surface area contributed by atoms with E-state index in [9.17, 15) is 5.11 Å². The molecule has 0 fully saturated rings. The van der Waals surface area contributed by atoms with Crippen LogP contribution in [0.3, 0.4) is 0 Å². The molecule has 100 valence electrons. The van der Waals surface area contributed by atoms with Crippen LogP contribution in [0, 0.1) is 0 Å². The van der Waals surface area contributed by atoms with Gasteiger partial charge in [0, 0.05) is 13.1 Å². The van der Waals surface area contributed by atoms with Gasteiger partial charge in [0.1, 0.15) is 11.5 Å². The van der Waals surface area contributed by atoms with Gasteiger partial charge >= 0.3 is 0 Å². The molecule has 0 aromatic heterocycles. The normalized spacial score (nSPS) is 10.7. The largest absolute Gasteiger partial charge is 0.508 e. The zero-order valence-corrected chi connectivity index (χ0v) is 11.3. The van der Waals surface area contributed by atoms with Gasteiger partial charge in [-0.05, 0) is 42.4 Å². The fraction of sp³-hybridized carbons (Fsp3) is 0.250. The fourth-order valence-electron chi connectivity index (χ4n) is 2.10. The van der Waals surface area contributed by atoms with Crippen LogP contribution in [0.1, 0.15) is 11.1 Å². The molecular weight excluding hydrogens is 238 g/mol. The summed E-state index contributed by atoms with van der Waals surface area (Å²) in [4.78, 5) is 2.20. The van der Waals surface area contributed by atoms with Crippen molar-refractivity contribution in [2.75, 3.05) is 14.2 Å². The first-order valence-electron chi connectivity index (χ1n) is 6.27. The van der Waals surface area contributed by atoms with Crippen LogP contribution in [0.2, 0.25) is 0 Å². The van der Waals surface area contributed by atoms with Gasteiger partial charge in [-0.25, -0.2) is 0 Å². The van der Waals surface area contributed by atoms with E-state index in [4.69, 9.17) is 4.74 Å². The van der Waals surface area contributed by atoms with Gasteiger partial charge < -0.3 is 9.84 Å². The quantitative estimate of drug-likeness (QED) is 0.893. The highest BCUT2D eigenvalue weighted by Crippen LogP contribution is 2.16. The van der Waals surface area contributed by atoms with Gasteiger partial charge in [-0.3, -0.25) is 4.90 Å². The summed E-state index contributed by atoms with van der Waals surface area (Å²) in [5, 5.41) is 9.45. The van der Waals surface area contributed by atoms with Crippen LogP contribution >= 0.6 is 0 Å². The Hall–Kier alpha value is -2.00. The number of rotatable bonds is 5. The van der Waals surface area contributed by atoms with E-state index < -0.39 is 0 Å². The van der Waals surface area contributed by atoms with Crippen molar-refractivity contribution in [3.63, 3.8) is 0 Å². The molecule has 3 nitrogen and oxygen atoms in total. The zero-order chi connectivity index (χ0) is 13.7. The number of nitrogens with zero attached hydrogens (tertiary/aromatic N) is 1. The van der Waals surface area contributed by atoms with E-state index in [0.717, 1.165) is 24.4 Å². The van der Waals surface area contributed by atoms with Gasteiger partial charge in [0.25, 0.3) is 0 Å². The van der Waals surface area contributed by atoms with Gasteiger partial charge in [0.2, 0.25) is 0 Å². The number of aromatic hydroxyl groups is 1. The summed E-state index contributed by atoms with van der Waals surface area (Å²) in [5.41, 5.74) is 2.31. The molecule has 2 rings (SSSR count). The maximum atomic E-state index is 9.45. The minimum absolute atomic E-state index is 0.312. The number of phenols is 1. The molecule has 0 bridgehead atoms. The predicted octanol–water partition coefficient (Wildman–Crippen LogP) is 3.03. The van der Waals surface area contributed by atoms with E-state index in [2.05, 4.69) is 18.0 Å². The Balaban J connectivity index is 1.98. The summed E-state index contributed by atoms with van der Waals surface area (Å²) in [6.07, 6.45) is 0. The molecule has 0 atom stereocenters. The van der Waals surface area contributed by atoms with Crippen LogP contribution in [0.4, 0.5) is 0 Å². The van der Waals surface area contributed by atoms with E-state index in [-0.39, 0.29) is 0 Å². The monoisotopic (exact) mass is 257 g/mol. The molecule has 3 heteroatoms. The average molecular weight is 257 g/mol. The van der Waals surface area contributed by atoms with Gasteiger partial charge in [-0.15, -0.1) is 0 Å². The van der Waals surface area contributed by atoms with Gasteiger partial charge in [-0.2, -0.15) is 0 Å². The third-order valence-corrected chi connectivity index (χ3v) is 2.95. The number of ether oxygens (including phenoxy) is 1. The molecule has 0 aliphatic heterocycles. The molecule has 1 N–H and O–H groups in total. The molecule has 2 aromatic rings. The molecule has 0 saturated heterocycles. The Morgan fingerprint density at radius 3 is 2.26 bits per heavy atom. The number of methoxy groups -OCH3 is 1. The van der Waals surface area contributed by atoms with Crippen molar-refractivity contribution in [2.45, 2.75) is 13.1 Å². The summed E-state index contributed by atoms with van der Waals surface area (Å²) in [6, 6.07) is 15.4. The molecule has 0 heterocycles. The lowest BCUT2D eigenvalue weighted by atomic mass is 10.1. The molecular formula is C16H19NO2. The molecule has 0 aliphatic rings. The van der Waals surface area contributed by atoms with Gasteiger partial charge in [0.05, 0.1) is 7.11 Å². The summed E-state index contributed by atoms with van der Waals surface area (Å²) >= 11 is 0. The summed E-state index contributed by atoms with van der Waals surface area (Å²) < 4.78 is 5.22. The third kappa shape index (κ3) is 4.00. The van der Waals surface area contributed by atoms with Crippen LogP contribution in [0.25, 0.3) is 0 Å². The molecule has 19 heavy (non-hydrogen) atoms. The van der Waals surface area contributed by atoms with Crippen molar-refractivity contribution < 1.29 is 9.84 Å². The Morgan fingerprint density at radius 1 is 1.00 bits per heavy atom. The van der Waals surface area contributed by atoms with E-state index in [1.54, 1.807) is 19.2 Å².